The van der Waals surface area contributed by atoms with Gasteiger partial charge in [0.05, 0.1) is 13.2 Å². The SMILES string of the molecule is CC(C(=O)N1CCOCC1C(N)=O)C1CNC1. The minimum absolute atomic E-state index is 0.0172. The highest BCUT2D eigenvalue weighted by Crippen LogP contribution is 2.20. The molecular formula is C11H19N3O3. The van der Waals surface area contributed by atoms with Crippen LogP contribution in [-0.4, -0.2) is 55.6 Å². The smallest absolute Gasteiger partial charge is 0.242 e. The van der Waals surface area contributed by atoms with E-state index in [9.17, 15) is 9.59 Å². The molecule has 17 heavy (non-hydrogen) atoms. The van der Waals surface area contributed by atoms with Crippen LogP contribution in [0.3, 0.4) is 0 Å². The summed E-state index contributed by atoms with van der Waals surface area (Å²) in [4.78, 5) is 25.1. The molecule has 0 spiro atoms. The molecule has 0 aromatic carbocycles. The lowest BCUT2D eigenvalue weighted by atomic mass is 9.87. The number of hydrogen-bond donors (Lipinski definition) is 2. The molecule has 0 aromatic rings. The minimum Gasteiger partial charge on any atom is -0.377 e. The van der Waals surface area contributed by atoms with Crippen molar-refractivity contribution in [1.82, 2.24) is 10.2 Å². The van der Waals surface area contributed by atoms with Gasteiger partial charge in [-0.1, -0.05) is 6.92 Å². The van der Waals surface area contributed by atoms with E-state index in [1.165, 1.54) is 0 Å². The molecule has 2 heterocycles. The van der Waals surface area contributed by atoms with Gasteiger partial charge in [-0.05, 0) is 19.0 Å². The second kappa shape index (κ2) is 5.01. The van der Waals surface area contributed by atoms with E-state index in [1.54, 1.807) is 4.90 Å². The Hall–Kier alpha value is -1.14. The zero-order valence-corrected chi connectivity index (χ0v) is 10.0. The van der Waals surface area contributed by atoms with Crippen molar-refractivity contribution < 1.29 is 14.3 Å². The van der Waals surface area contributed by atoms with Crippen molar-refractivity contribution >= 4 is 11.8 Å². The quantitative estimate of drug-likeness (QED) is 0.633. The summed E-state index contributed by atoms with van der Waals surface area (Å²) < 4.78 is 5.20. The Bertz CT molecular complexity index is 317. The standard InChI is InChI=1S/C11H19N3O3/c1-7(8-4-13-5-8)11(16)14-2-3-17-6-9(14)10(12)15/h7-9,13H,2-6H2,1H3,(H2,12,15). The third kappa shape index (κ3) is 2.42. The van der Waals surface area contributed by atoms with Gasteiger partial charge in [-0.3, -0.25) is 9.59 Å². The Kier molecular flexibility index (Phi) is 3.63. The first-order valence-electron chi connectivity index (χ1n) is 5.99. The number of morpholine rings is 1. The monoisotopic (exact) mass is 241 g/mol. The van der Waals surface area contributed by atoms with E-state index in [-0.39, 0.29) is 18.4 Å². The van der Waals surface area contributed by atoms with Crippen LogP contribution in [0, 0.1) is 11.8 Å². The highest BCUT2D eigenvalue weighted by atomic mass is 16.5. The second-order valence-electron chi connectivity index (χ2n) is 4.73. The maximum atomic E-state index is 12.3. The van der Waals surface area contributed by atoms with Crippen molar-refractivity contribution in [3.05, 3.63) is 0 Å². The number of primary amides is 1. The molecular weight excluding hydrogens is 222 g/mol. The Labute approximate surface area is 100 Å². The van der Waals surface area contributed by atoms with E-state index < -0.39 is 11.9 Å². The molecule has 2 atom stereocenters. The van der Waals surface area contributed by atoms with Crippen LogP contribution in [0.2, 0.25) is 0 Å². The van der Waals surface area contributed by atoms with Crippen LogP contribution in [0.15, 0.2) is 0 Å². The van der Waals surface area contributed by atoms with Gasteiger partial charge >= 0.3 is 0 Å². The number of nitrogens with zero attached hydrogens (tertiary/aromatic N) is 1. The topological polar surface area (TPSA) is 84.7 Å². The average Bonchev–Trinajstić information content (AvgIpc) is 2.25. The van der Waals surface area contributed by atoms with E-state index in [1.807, 2.05) is 6.92 Å². The van der Waals surface area contributed by atoms with Crippen LogP contribution in [0.1, 0.15) is 6.92 Å². The van der Waals surface area contributed by atoms with Crippen molar-refractivity contribution in [3.8, 4) is 0 Å². The van der Waals surface area contributed by atoms with Gasteiger partial charge in [0, 0.05) is 12.5 Å². The van der Waals surface area contributed by atoms with Crippen molar-refractivity contribution in [2.45, 2.75) is 13.0 Å². The second-order valence-corrected chi connectivity index (χ2v) is 4.73. The predicted molar refractivity (Wildman–Crippen MR) is 61.0 cm³/mol. The molecule has 2 amide bonds. The largest absolute Gasteiger partial charge is 0.377 e. The van der Waals surface area contributed by atoms with Gasteiger partial charge in [0.1, 0.15) is 6.04 Å². The van der Waals surface area contributed by atoms with Crippen LogP contribution >= 0.6 is 0 Å². The fraction of sp³-hybridized carbons (Fsp3) is 0.818. The lowest BCUT2D eigenvalue weighted by Crippen LogP contribution is -2.58. The fourth-order valence-corrected chi connectivity index (χ4v) is 2.23. The van der Waals surface area contributed by atoms with Gasteiger partial charge in [0.2, 0.25) is 11.8 Å². The van der Waals surface area contributed by atoms with E-state index in [4.69, 9.17) is 10.5 Å². The molecule has 2 rings (SSSR count). The molecule has 96 valence electrons. The van der Waals surface area contributed by atoms with Crippen LogP contribution < -0.4 is 11.1 Å². The van der Waals surface area contributed by atoms with Gasteiger partial charge in [-0.2, -0.15) is 0 Å². The van der Waals surface area contributed by atoms with Gasteiger partial charge in [0.15, 0.2) is 0 Å². The molecule has 2 unspecified atom stereocenters. The first-order chi connectivity index (χ1) is 8.11. The lowest BCUT2D eigenvalue weighted by molar-refractivity contribution is -0.151. The zero-order chi connectivity index (χ0) is 12.4. The molecule has 0 bridgehead atoms. The van der Waals surface area contributed by atoms with Gasteiger partial charge < -0.3 is 20.7 Å². The molecule has 0 radical (unpaired) electrons. The van der Waals surface area contributed by atoms with Gasteiger partial charge in [0.25, 0.3) is 0 Å². The molecule has 2 aliphatic heterocycles. The Balaban J connectivity index is 2.02. The number of hydrogen-bond acceptors (Lipinski definition) is 4. The molecule has 0 saturated carbocycles. The van der Waals surface area contributed by atoms with E-state index in [0.29, 0.717) is 19.1 Å². The molecule has 6 nitrogen and oxygen atoms in total. The fourth-order valence-electron chi connectivity index (χ4n) is 2.23. The molecule has 2 saturated heterocycles. The number of ether oxygens (including phenoxy) is 1. The summed E-state index contributed by atoms with van der Waals surface area (Å²) in [6.07, 6.45) is 0. The molecule has 3 N–H and O–H groups in total. The molecule has 2 aliphatic rings. The summed E-state index contributed by atoms with van der Waals surface area (Å²) in [7, 11) is 0. The molecule has 0 aromatic heterocycles. The Morgan fingerprint density at radius 2 is 2.18 bits per heavy atom. The maximum absolute atomic E-state index is 12.3. The number of carbonyl (C=O) groups is 2. The lowest BCUT2D eigenvalue weighted by Gasteiger charge is -2.39. The summed E-state index contributed by atoms with van der Waals surface area (Å²) in [6, 6.07) is -0.605. The van der Waals surface area contributed by atoms with Crippen molar-refractivity contribution in [1.29, 1.82) is 0 Å². The van der Waals surface area contributed by atoms with Crippen molar-refractivity contribution in [2.75, 3.05) is 32.8 Å². The third-order valence-electron chi connectivity index (χ3n) is 3.65. The minimum atomic E-state index is -0.605. The summed E-state index contributed by atoms with van der Waals surface area (Å²) >= 11 is 0. The van der Waals surface area contributed by atoms with Gasteiger partial charge in [-0.15, -0.1) is 0 Å². The van der Waals surface area contributed by atoms with Gasteiger partial charge in [-0.25, -0.2) is 0 Å². The van der Waals surface area contributed by atoms with E-state index >= 15 is 0 Å². The van der Waals surface area contributed by atoms with Crippen LogP contribution in [0.5, 0.6) is 0 Å². The van der Waals surface area contributed by atoms with E-state index in [2.05, 4.69) is 5.32 Å². The number of nitrogens with one attached hydrogen (secondary N) is 1. The average molecular weight is 241 g/mol. The number of nitrogens with two attached hydrogens (primary N) is 1. The summed E-state index contributed by atoms with van der Waals surface area (Å²) in [6.45, 7) is 4.82. The number of carbonyl (C=O) groups excluding carboxylic acids is 2. The van der Waals surface area contributed by atoms with Crippen LogP contribution in [-0.2, 0) is 14.3 Å². The highest BCUT2D eigenvalue weighted by Gasteiger charge is 2.37. The van der Waals surface area contributed by atoms with Crippen LogP contribution in [0.25, 0.3) is 0 Å². The summed E-state index contributed by atoms with van der Waals surface area (Å²) in [5.74, 6) is -0.157. The maximum Gasteiger partial charge on any atom is 0.242 e. The zero-order valence-electron chi connectivity index (χ0n) is 10.0. The Morgan fingerprint density at radius 3 is 2.71 bits per heavy atom. The Morgan fingerprint density at radius 1 is 1.47 bits per heavy atom. The number of rotatable bonds is 3. The number of amides is 2. The summed E-state index contributed by atoms with van der Waals surface area (Å²) in [5, 5.41) is 3.15. The predicted octanol–water partition coefficient (Wildman–Crippen LogP) is -1.45. The first kappa shape index (κ1) is 12.3. The highest BCUT2D eigenvalue weighted by molar-refractivity contribution is 5.88. The van der Waals surface area contributed by atoms with Crippen molar-refractivity contribution in [3.63, 3.8) is 0 Å². The molecule has 6 heteroatoms. The molecule has 2 fully saturated rings. The van der Waals surface area contributed by atoms with Crippen molar-refractivity contribution in [2.24, 2.45) is 17.6 Å². The molecule has 0 aliphatic carbocycles. The van der Waals surface area contributed by atoms with Crippen LogP contribution in [0.4, 0.5) is 0 Å². The summed E-state index contributed by atoms with van der Waals surface area (Å²) in [5.41, 5.74) is 5.29. The third-order valence-corrected chi connectivity index (χ3v) is 3.65. The van der Waals surface area contributed by atoms with E-state index in [0.717, 1.165) is 13.1 Å². The normalized spacial score (nSPS) is 27.4. The first-order valence-corrected chi connectivity index (χ1v) is 5.99.